The highest BCUT2D eigenvalue weighted by atomic mass is 16.1. The van der Waals surface area contributed by atoms with Crippen LogP contribution in [0.4, 0.5) is 0 Å². The van der Waals surface area contributed by atoms with E-state index in [4.69, 9.17) is 5.73 Å². The topological polar surface area (TPSA) is 43.1 Å². The molecule has 76 valence electrons. The van der Waals surface area contributed by atoms with Crippen molar-refractivity contribution in [3.63, 3.8) is 0 Å². The minimum absolute atomic E-state index is 0.0924. The molecule has 1 saturated carbocycles. The molecule has 0 aromatic carbocycles. The van der Waals surface area contributed by atoms with Crippen molar-refractivity contribution < 1.29 is 4.79 Å². The maximum absolute atomic E-state index is 11.2. The van der Waals surface area contributed by atoms with Crippen molar-refractivity contribution in [3.8, 4) is 0 Å². The summed E-state index contributed by atoms with van der Waals surface area (Å²) in [6.07, 6.45) is 3.43. The molecule has 0 aromatic heterocycles. The lowest BCUT2D eigenvalue weighted by atomic mass is 9.70. The van der Waals surface area contributed by atoms with Gasteiger partial charge in [-0.3, -0.25) is 4.79 Å². The lowest BCUT2D eigenvalue weighted by molar-refractivity contribution is -0.125. The van der Waals surface area contributed by atoms with Gasteiger partial charge in [-0.15, -0.1) is 0 Å². The van der Waals surface area contributed by atoms with E-state index < -0.39 is 0 Å². The first-order valence-electron chi connectivity index (χ1n) is 5.31. The highest BCUT2D eigenvalue weighted by Gasteiger charge is 2.33. The van der Waals surface area contributed by atoms with Crippen LogP contribution < -0.4 is 5.73 Å². The highest BCUT2D eigenvalue weighted by molar-refractivity contribution is 5.77. The van der Waals surface area contributed by atoms with Gasteiger partial charge >= 0.3 is 0 Å². The molecule has 1 aliphatic carbocycles. The van der Waals surface area contributed by atoms with Gasteiger partial charge in [0, 0.05) is 5.92 Å². The summed E-state index contributed by atoms with van der Waals surface area (Å²) >= 11 is 0. The quantitative estimate of drug-likeness (QED) is 0.700. The molecule has 13 heavy (non-hydrogen) atoms. The van der Waals surface area contributed by atoms with Crippen molar-refractivity contribution in [2.75, 3.05) is 0 Å². The monoisotopic (exact) mass is 183 g/mol. The van der Waals surface area contributed by atoms with Crippen LogP contribution in [0.2, 0.25) is 0 Å². The molecule has 0 radical (unpaired) electrons. The first kappa shape index (κ1) is 10.6. The second kappa shape index (κ2) is 4.12. The molecule has 1 fully saturated rings. The molecule has 2 nitrogen and oxygen atoms in total. The molecule has 0 bridgehead atoms. The smallest absolute Gasteiger partial charge is 0.220 e. The Morgan fingerprint density at radius 2 is 2.00 bits per heavy atom. The van der Waals surface area contributed by atoms with Crippen molar-refractivity contribution >= 4 is 5.91 Å². The van der Waals surface area contributed by atoms with Gasteiger partial charge in [0.15, 0.2) is 0 Å². The summed E-state index contributed by atoms with van der Waals surface area (Å²) < 4.78 is 0. The van der Waals surface area contributed by atoms with Gasteiger partial charge in [-0.2, -0.15) is 0 Å². The van der Waals surface area contributed by atoms with Crippen LogP contribution >= 0.6 is 0 Å². The molecule has 0 aromatic rings. The first-order chi connectivity index (χ1) is 6.02. The van der Waals surface area contributed by atoms with E-state index >= 15 is 0 Å². The van der Waals surface area contributed by atoms with Crippen LogP contribution in [-0.4, -0.2) is 5.91 Å². The SMILES string of the molecule is CC(C)[C@H]1CC[C@@H](C)C[C@@H]1C(N)=O. The molecule has 0 heterocycles. The van der Waals surface area contributed by atoms with Gasteiger partial charge in [-0.05, 0) is 30.6 Å². The zero-order chi connectivity index (χ0) is 10.0. The minimum atomic E-state index is -0.0924. The van der Waals surface area contributed by atoms with Gasteiger partial charge in [0.1, 0.15) is 0 Å². The Balaban J connectivity index is 2.66. The normalized spacial score (nSPS) is 34.9. The van der Waals surface area contributed by atoms with Crippen LogP contribution in [0, 0.1) is 23.7 Å². The summed E-state index contributed by atoms with van der Waals surface area (Å²) in [6.45, 7) is 6.60. The summed E-state index contributed by atoms with van der Waals surface area (Å²) in [7, 11) is 0. The third-order valence-electron chi connectivity index (χ3n) is 3.39. The van der Waals surface area contributed by atoms with E-state index in [2.05, 4.69) is 20.8 Å². The number of nitrogens with two attached hydrogens (primary N) is 1. The summed E-state index contributed by atoms with van der Waals surface area (Å²) in [4.78, 5) is 11.2. The van der Waals surface area contributed by atoms with E-state index in [0.29, 0.717) is 17.8 Å². The zero-order valence-electron chi connectivity index (χ0n) is 8.92. The van der Waals surface area contributed by atoms with E-state index in [1.807, 2.05) is 0 Å². The second-order valence-electron chi connectivity index (χ2n) is 4.83. The van der Waals surface area contributed by atoms with Crippen molar-refractivity contribution in [3.05, 3.63) is 0 Å². The molecule has 2 heteroatoms. The number of amides is 1. The van der Waals surface area contributed by atoms with Crippen molar-refractivity contribution in [2.45, 2.75) is 40.0 Å². The third-order valence-corrected chi connectivity index (χ3v) is 3.39. The Bertz CT molecular complexity index is 189. The number of carbonyl (C=O) groups is 1. The Hall–Kier alpha value is -0.530. The van der Waals surface area contributed by atoms with Crippen LogP contribution in [0.3, 0.4) is 0 Å². The van der Waals surface area contributed by atoms with Crippen molar-refractivity contribution in [1.82, 2.24) is 0 Å². The second-order valence-corrected chi connectivity index (χ2v) is 4.83. The predicted octanol–water partition coefficient (Wildman–Crippen LogP) is 2.18. The molecular formula is C11H21NO. The molecule has 1 aliphatic rings. The Morgan fingerprint density at radius 3 is 2.46 bits per heavy atom. The maximum Gasteiger partial charge on any atom is 0.220 e. The van der Waals surface area contributed by atoms with Gasteiger partial charge in [-0.1, -0.05) is 27.2 Å². The molecule has 0 aliphatic heterocycles. The van der Waals surface area contributed by atoms with E-state index in [1.54, 1.807) is 0 Å². The van der Waals surface area contributed by atoms with Crippen LogP contribution in [0.5, 0.6) is 0 Å². The largest absolute Gasteiger partial charge is 0.369 e. The minimum Gasteiger partial charge on any atom is -0.369 e. The van der Waals surface area contributed by atoms with Gasteiger partial charge in [0.25, 0.3) is 0 Å². The molecule has 2 N–H and O–H groups in total. The van der Waals surface area contributed by atoms with E-state index in [0.717, 1.165) is 6.42 Å². The number of hydrogen-bond donors (Lipinski definition) is 1. The zero-order valence-corrected chi connectivity index (χ0v) is 8.92. The molecule has 0 unspecified atom stereocenters. The van der Waals surface area contributed by atoms with E-state index in [-0.39, 0.29) is 11.8 Å². The molecular weight excluding hydrogens is 162 g/mol. The van der Waals surface area contributed by atoms with Gasteiger partial charge in [0.2, 0.25) is 5.91 Å². The summed E-state index contributed by atoms with van der Waals surface area (Å²) in [6, 6.07) is 0. The molecule has 1 rings (SSSR count). The Morgan fingerprint density at radius 1 is 1.38 bits per heavy atom. The number of rotatable bonds is 2. The first-order valence-corrected chi connectivity index (χ1v) is 5.31. The highest BCUT2D eigenvalue weighted by Crippen LogP contribution is 2.37. The van der Waals surface area contributed by atoms with Crippen LogP contribution in [0.15, 0.2) is 0 Å². The Kier molecular flexibility index (Phi) is 3.34. The number of carbonyl (C=O) groups excluding carboxylic acids is 1. The van der Waals surface area contributed by atoms with Crippen LogP contribution in [0.25, 0.3) is 0 Å². The van der Waals surface area contributed by atoms with Crippen molar-refractivity contribution in [1.29, 1.82) is 0 Å². The average Bonchev–Trinajstić information content (AvgIpc) is 2.03. The third kappa shape index (κ3) is 2.45. The van der Waals surface area contributed by atoms with Crippen LogP contribution in [0.1, 0.15) is 40.0 Å². The fraction of sp³-hybridized carbons (Fsp3) is 0.909. The maximum atomic E-state index is 11.2. The standard InChI is InChI=1S/C11H21NO/c1-7(2)9-5-4-8(3)6-10(9)11(12)13/h7-10H,4-6H2,1-3H3,(H2,12,13)/t8-,9-,10+/m1/s1. The van der Waals surface area contributed by atoms with E-state index in [9.17, 15) is 4.79 Å². The Labute approximate surface area is 80.9 Å². The molecule has 0 spiro atoms. The molecule has 0 saturated heterocycles. The van der Waals surface area contributed by atoms with Gasteiger partial charge in [0.05, 0.1) is 0 Å². The van der Waals surface area contributed by atoms with E-state index in [1.165, 1.54) is 12.8 Å². The molecule has 1 amide bonds. The fourth-order valence-corrected chi connectivity index (χ4v) is 2.53. The summed E-state index contributed by atoms with van der Waals surface area (Å²) in [5.74, 6) is 1.82. The summed E-state index contributed by atoms with van der Waals surface area (Å²) in [5.41, 5.74) is 5.42. The lowest BCUT2D eigenvalue weighted by Crippen LogP contribution is -2.37. The van der Waals surface area contributed by atoms with Gasteiger partial charge < -0.3 is 5.73 Å². The van der Waals surface area contributed by atoms with Gasteiger partial charge in [-0.25, -0.2) is 0 Å². The van der Waals surface area contributed by atoms with Crippen molar-refractivity contribution in [2.24, 2.45) is 29.4 Å². The number of primary amides is 1. The average molecular weight is 183 g/mol. The summed E-state index contributed by atoms with van der Waals surface area (Å²) in [5, 5.41) is 0. The van der Waals surface area contributed by atoms with Crippen LogP contribution in [-0.2, 0) is 4.79 Å². The fourth-order valence-electron chi connectivity index (χ4n) is 2.53. The lowest BCUT2D eigenvalue weighted by Gasteiger charge is -2.35. The molecule has 3 atom stereocenters. The number of hydrogen-bond acceptors (Lipinski definition) is 1. The predicted molar refractivity (Wildman–Crippen MR) is 54.0 cm³/mol.